The average Bonchev–Trinajstić information content (AvgIpc) is 2.85. The minimum atomic E-state index is -0.972. The van der Waals surface area contributed by atoms with Crippen molar-refractivity contribution in [2.75, 3.05) is 5.32 Å². The summed E-state index contributed by atoms with van der Waals surface area (Å²) in [5, 5.41) is 15.6. The monoisotopic (exact) mass is 299 g/mol. The van der Waals surface area contributed by atoms with Gasteiger partial charge < -0.3 is 10.4 Å². The molecular formula is C16H17N3O3. The van der Waals surface area contributed by atoms with Gasteiger partial charge in [-0.3, -0.25) is 14.3 Å². The third-order valence-corrected chi connectivity index (χ3v) is 4.15. The summed E-state index contributed by atoms with van der Waals surface area (Å²) in [6.45, 7) is -0.223. The molecule has 1 aliphatic carbocycles. The van der Waals surface area contributed by atoms with E-state index < -0.39 is 11.4 Å². The molecule has 1 aromatic carbocycles. The zero-order chi connectivity index (χ0) is 15.6. The highest BCUT2D eigenvalue weighted by Gasteiger charge is 2.45. The van der Waals surface area contributed by atoms with E-state index in [2.05, 4.69) is 10.4 Å². The second-order valence-corrected chi connectivity index (χ2v) is 5.55. The summed E-state index contributed by atoms with van der Waals surface area (Å²) >= 11 is 0. The fourth-order valence-corrected chi connectivity index (χ4v) is 2.83. The topological polar surface area (TPSA) is 84.2 Å². The summed E-state index contributed by atoms with van der Waals surface area (Å²) in [6.07, 6.45) is 4.20. The van der Waals surface area contributed by atoms with Crippen LogP contribution in [0.25, 0.3) is 0 Å². The molecule has 3 rings (SSSR count). The molecule has 1 aliphatic rings. The molecule has 0 unspecified atom stereocenters. The Morgan fingerprint density at radius 2 is 1.95 bits per heavy atom. The van der Waals surface area contributed by atoms with E-state index in [1.54, 1.807) is 12.3 Å². The van der Waals surface area contributed by atoms with Crippen LogP contribution in [0.3, 0.4) is 0 Å². The number of aliphatic carboxylic acids is 1. The van der Waals surface area contributed by atoms with E-state index in [4.69, 9.17) is 5.11 Å². The molecule has 114 valence electrons. The van der Waals surface area contributed by atoms with Crippen molar-refractivity contribution in [3.63, 3.8) is 0 Å². The number of amides is 1. The number of hydrogen-bond acceptors (Lipinski definition) is 3. The molecule has 0 saturated heterocycles. The number of carbonyl (C=O) groups excluding carboxylic acids is 1. The summed E-state index contributed by atoms with van der Waals surface area (Å²) in [5.74, 6) is -0.667. The van der Waals surface area contributed by atoms with E-state index in [0.717, 1.165) is 24.8 Å². The van der Waals surface area contributed by atoms with Crippen LogP contribution in [0, 0.1) is 0 Å². The molecule has 1 saturated carbocycles. The van der Waals surface area contributed by atoms with Crippen LogP contribution >= 0.6 is 0 Å². The van der Waals surface area contributed by atoms with E-state index in [0.29, 0.717) is 5.82 Å². The van der Waals surface area contributed by atoms with Crippen LogP contribution in [-0.4, -0.2) is 26.8 Å². The summed E-state index contributed by atoms with van der Waals surface area (Å²) in [4.78, 5) is 23.3. The van der Waals surface area contributed by atoms with Crippen molar-refractivity contribution in [3.05, 3.63) is 48.2 Å². The van der Waals surface area contributed by atoms with Crippen LogP contribution in [0.15, 0.2) is 42.6 Å². The van der Waals surface area contributed by atoms with Crippen molar-refractivity contribution in [1.29, 1.82) is 0 Å². The molecule has 0 atom stereocenters. The number of anilines is 1. The molecule has 0 radical (unpaired) electrons. The first-order valence-electron chi connectivity index (χ1n) is 7.22. The van der Waals surface area contributed by atoms with E-state index in [-0.39, 0.29) is 12.5 Å². The van der Waals surface area contributed by atoms with E-state index in [9.17, 15) is 9.59 Å². The van der Waals surface area contributed by atoms with Gasteiger partial charge in [-0.1, -0.05) is 36.8 Å². The molecule has 0 bridgehead atoms. The van der Waals surface area contributed by atoms with Gasteiger partial charge in [0.05, 0.1) is 5.41 Å². The molecule has 1 fully saturated rings. The van der Waals surface area contributed by atoms with Crippen molar-refractivity contribution < 1.29 is 14.7 Å². The number of benzene rings is 1. The van der Waals surface area contributed by atoms with Crippen LogP contribution in [0.4, 0.5) is 5.82 Å². The summed E-state index contributed by atoms with van der Waals surface area (Å²) in [7, 11) is 0. The molecule has 1 heterocycles. The molecule has 1 amide bonds. The molecule has 6 nitrogen and oxygen atoms in total. The van der Waals surface area contributed by atoms with Gasteiger partial charge in [0.2, 0.25) is 5.91 Å². The molecule has 6 heteroatoms. The van der Waals surface area contributed by atoms with Gasteiger partial charge in [-0.15, -0.1) is 0 Å². The van der Waals surface area contributed by atoms with Crippen LogP contribution in [-0.2, 0) is 21.5 Å². The maximum Gasteiger partial charge on any atom is 0.325 e. The number of carboxylic acids is 1. The molecule has 22 heavy (non-hydrogen) atoms. The SMILES string of the molecule is O=C(O)Cn1ccc(NC(=O)C2(c3ccccc3)CCC2)n1. The molecule has 0 aliphatic heterocycles. The second-order valence-electron chi connectivity index (χ2n) is 5.55. The third kappa shape index (κ3) is 2.59. The first-order valence-corrected chi connectivity index (χ1v) is 7.22. The maximum absolute atomic E-state index is 12.7. The van der Waals surface area contributed by atoms with E-state index >= 15 is 0 Å². The van der Waals surface area contributed by atoms with Gasteiger partial charge in [0.1, 0.15) is 6.54 Å². The van der Waals surface area contributed by atoms with Gasteiger partial charge in [-0.25, -0.2) is 0 Å². The molecule has 2 N–H and O–H groups in total. The van der Waals surface area contributed by atoms with Gasteiger partial charge in [0, 0.05) is 12.3 Å². The smallest absolute Gasteiger partial charge is 0.325 e. The van der Waals surface area contributed by atoms with Crippen LogP contribution in [0.1, 0.15) is 24.8 Å². The Balaban J connectivity index is 1.76. The van der Waals surface area contributed by atoms with Gasteiger partial charge in [0.15, 0.2) is 5.82 Å². The first-order chi connectivity index (χ1) is 10.6. The predicted octanol–water partition coefficient (Wildman–Crippen LogP) is 2.03. The molecular weight excluding hydrogens is 282 g/mol. The number of aromatic nitrogens is 2. The number of nitrogens with zero attached hydrogens (tertiary/aromatic N) is 2. The van der Waals surface area contributed by atoms with E-state index in [1.807, 2.05) is 30.3 Å². The summed E-state index contributed by atoms with van der Waals surface area (Å²) in [5.41, 5.74) is 0.529. The van der Waals surface area contributed by atoms with Gasteiger partial charge in [0.25, 0.3) is 0 Å². The highest BCUT2D eigenvalue weighted by Crippen LogP contribution is 2.44. The average molecular weight is 299 g/mol. The minimum Gasteiger partial charge on any atom is -0.480 e. The lowest BCUT2D eigenvalue weighted by molar-refractivity contribution is -0.137. The highest BCUT2D eigenvalue weighted by atomic mass is 16.4. The summed E-state index contributed by atoms with van der Waals surface area (Å²) in [6, 6.07) is 11.4. The third-order valence-electron chi connectivity index (χ3n) is 4.15. The van der Waals surface area contributed by atoms with E-state index in [1.165, 1.54) is 4.68 Å². The fraction of sp³-hybridized carbons (Fsp3) is 0.312. The zero-order valence-corrected chi connectivity index (χ0v) is 12.0. The molecule has 1 aromatic heterocycles. The number of nitrogens with one attached hydrogen (secondary N) is 1. The standard InChI is InChI=1S/C16H17N3O3/c20-14(21)11-19-10-7-13(18-19)17-15(22)16(8-4-9-16)12-5-2-1-3-6-12/h1-3,5-7,10H,4,8-9,11H2,(H,20,21)(H,17,18,22). The number of rotatable bonds is 5. The van der Waals surface area contributed by atoms with Crippen molar-refractivity contribution in [2.24, 2.45) is 0 Å². The maximum atomic E-state index is 12.7. The second kappa shape index (κ2) is 5.63. The van der Waals surface area contributed by atoms with Crippen LogP contribution < -0.4 is 5.32 Å². The first kappa shape index (κ1) is 14.3. The van der Waals surface area contributed by atoms with Crippen molar-refractivity contribution >= 4 is 17.7 Å². The summed E-state index contributed by atoms with van der Waals surface area (Å²) < 4.78 is 1.29. The predicted molar refractivity (Wildman–Crippen MR) is 80.5 cm³/mol. The van der Waals surface area contributed by atoms with Gasteiger partial charge in [-0.05, 0) is 18.4 Å². The number of carbonyl (C=O) groups is 2. The lowest BCUT2D eigenvalue weighted by Crippen LogP contribution is -2.46. The van der Waals surface area contributed by atoms with Crippen LogP contribution in [0.2, 0.25) is 0 Å². The Bertz CT molecular complexity index is 690. The molecule has 0 spiro atoms. The lowest BCUT2D eigenvalue weighted by Gasteiger charge is -2.40. The lowest BCUT2D eigenvalue weighted by atomic mass is 9.64. The van der Waals surface area contributed by atoms with Crippen molar-refractivity contribution in [2.45, 2.75) is 31.2 Å². The van der Waals surface area contributed by atoms with Crippen LogP contribution in [0.5, 0.6) is 0 Å². The highest BCUT2D eigenvalue weighted by molar-refractivity contribution is 5.99. The number of carboxylic acid groups (broad SMARTS) is 1. The Hall–Kier alpha value is -2.63. The number of hydrogen-bond donors (Lipinski definition) is 2. The molecule has 2 aromatic rings. The minimum absolute atomic E-state index is 0.0782. The Labute approximate surface area is 127 Å². The normalized spacial score (nSPS) is 15.8. The Kier molecular flexibility index (Phi) is 3.66. The quantitative estimate of drug-likeness (QED) is 0.884. The van der Waals surface area contributed by atoms with Gasteiger partial charge >= 0.3 is 5.97 Å². The van der Waals surface area contributed by atoms with Gasteiger partial charge in [-0.2, -0.15) is 5.10 Å². The largest absolute Gasteiger partial charge is 0.480 e. The van der Waals surface area contributed by atoms with Crippen molar-refractivity contribution in [1.82, 2.24) is 9.78 Å². The fourth-order valence-electron chi connectivity index (χ4n) is 2.83. The zero-order valence-electron chi connectivity index (χ0n) is 12.0. The Morgan fingerprint density at radius 3 is 2.55 bits per heavy atom. The Morgan fingerprint density at radius 1 is 1.23 bits per heavy atom. The van der Waals surface area contributed by atoms with Crippen molar-refractivity contribution in [3.8, 4) is 0 Å².